The molecule has 9 heteroatoms. The number of rotatable bonds is 3. The van der Waals surface area contributed by atoms with Crippen molar-refractivity contribution in [1.29, 1.82) is 0 Å². The molecule has 0 radical (unpaired) electrons. The van der Waals surface area contributed by atoms with Crippen LogP contribution in [-0.2, 0) is 12.8 Å². The lowest BCUT2D eigenvalue weighted by atomic mass is 9.94. The molecule has 3 aromatic rings. The van der Waals surface area contributed by atoms with Crippen LogP contribution in [0.25, 0.3) is 10.8 Å². The van der Waals surface area contributed by atoms with E-state index < -0.39 is 46.9 Å². The lowest BCUT2D eigenvalue weighted by Crippen LogP contribution is -2.30. The first-order chi connectivity index (χ1) is 14.1. The van der Waals surface area contributed by atoms with Crippen molar-refractivity contribution in [3.63, 3.8) is 0 Å². The van der Waals surface area contributed by atoms with E-state index in [9.17, 15) is 27.2 Å². The maximum atomic E-state index is 14.2. The first-order valence-electron chi connectivity index (χ1n) is 9.44. The highest BCUT2D eigenvalue weighted by Crippen LogP contribution is 2.34. The molecule has 2 heterocycles. The largest absolute Gasteiger partial charge is 0.354 e. The maximum Gasteiger partial charge on any atom is 0.270 e. The van der Waals surface area contributed by atoms with E-state index >= 15 is 0 Å². The standard InChI is InChI=1S/C21H19F4N3O2/c1-10(13-9-26-19(29)17-12(13)3-4-14(22)18(17)23)28(2)20(30)16-7-11-8-21(24,25)6-5-15(11)27-16/h3-4,7,9-10,27H,5-6,8H2,1-2H3,(H,26,29). The van der Waals surface area contributed by atoms with Gasteiger partial charge in [0.25, 0.3) is 17.4 Å². The highest BCUT2D eigenvalue weighted by atomic mass is 19.3. The molecule has 4 rings (SSSR count). The van der Waals surface area contributed by atoms with E-state index in [1.165, 1.54) is 30.3 Å². The molecule has 0 saturated heterocycles. The Morgan fingerprint density at radius 2 is 2.00 bits per heavy atom. The number of nitrogens with one attached hydrogen (secondary N) is 2. The Bertz CT molecular complexity index is 1210. The van der Waals surface area contributed by atoms with Gasteiger partial charge in [-0.1, -0.05) is 6.07 Å². The van der Waals surface area contributed by atoms with Crippen LogP contribution in [0.4, 0.5) is 17.6 Å². The van der Waals surface area contributed by atoms with E-state index in [1.807, 2.05) is 0 Å². The predicted octanol–water partition coefficient (Wildman–Crippen LogP) is 4.09. The van der Waals surface area contributed by atoms with Gasteiger partial charge in [-0.25, -0.2) is 17.6 Å². The molecule has 0 fully saturated rings. The fourth-order valence-corrected chi connectivity index (χ4v) is 3.94. The number of amides is 1. The van der Waals surface area contributed by atoms with Crippen molar-refractivity contribution < 1.29 is 22.4 Å². The number of H-pyrrole nitrogens is 2. The van der Waals surface area contributed by atoms with Gasteiger partial charge in [0, 0.05) is 31.8 Å². The summed E-state index contributed by atoms with van der Waals surface area (Å²) >= 11 is 0. The molecular formula is C21H19F4N3O2. The van der Waals surface area contributed by atoms with Crippen molar-refractivity contribution in [3.8, 4) is 0 Å². The molecule has 1 amide bonds. The summed E-state index contributed by atoms with van der Waals surface area (Å²) in [5.74, 6) is -5.63. The first kappa shape index (κ1) is 20.2. The molecule has 0 spiro atoms. The molecule has 0 saturated carbocycles. The number of carbonyl (C=O) groups excluding carboxylic acids is 1. The zero-order chi connectivity index (χ0) is 21.8. The summed E-state index contributed by atoms with van der Waals surface area (Å²) in [5.41, 5.74) is 0.866. The topological polar surface area (TPSA) is 69.0 Å². The number of carbonyl (C=O) groups is 1. The number of hydrogen-bond donors (Lipinski definition) is 2. The van der Waals surface area contributed by atoms with Crippen LogP contribution in [-0.4, -0.2) is 33.7 Å². The fraction of sp³-hybridized carbons (Fsp3) is 0.333. The van der Waals surface area contributed by atoms with E-state index in [2.05, 4.69) is 9.97 Å². The number of aryl methyl sites for hydroxylation is 1. The van der Waals surface area contributed by atoms with Crippen LogP contribution >= 0.6 is 0 Å². The van der Waals surface area contributed by atoms with Crippen LogP contribution in [0.2, 0.25) is 0 Å². The first-order valence-corrected chi connectivity index (χ1v) is 9.44. The average Bonchev–Trinajstić information content (AvgIpc) is 3.11. The van der Waals surface area contributed by atoms with Gasteiger partial charge in [-0.2, -0.15) is 0 Å². The van der Waals surface area contributed by atoms with E-state index in [1.54, 1.807) is 6.92 Å². The Morgan fingerprint density at radius 3 is 2.73 bits per heavy atom. The van der Waals surface area contributed by atoms with Gasteiger partial charge in [-0.3, -0.25) is 9.59 Å². The SMILES string of the molecule is CC(c1c[nH]c(=O)c2c(F)c(F)ccc12)N(C)C(=O)c1cc2c([nH]1)CCC(F)(F)C2. The minimum absolute atomic E-state index is 0.157. The molecule has 1 aromatic carbocycles. The summed E-state index contributed by atoms with van der Waals surface area (Å²) in [6, 6.07) is 3.04. The second kappa shape index (κ2) is 7.00. The number of benzene rings is 1. The van der Waals surface area contributed by atoms with Crippen LogP contribution in [0.15, 0.2) is 29.2 Å². The Hall–Kier alpha value is -3.10. The van der Waals surface area contributed by atoms with Crippen molar-refractivity contribution >= 4 is 16.7 Å². The van der Waals surface area contributed by atoms with Gasteiger partial charge in [0.05, 0.1) is 11.4 Å². The molecule has 1 aliphatic carbocycles. The molecule has 30 heavy (non-hydrogen) atoms. The number of alkyl halides is 2. The zero-order valence-electron chi connectivity index (χ0n) is 16.3. The third kappa shape index (κ3) is 3.28. The Balaban J connectivity index is 1.68. The molecule has 2 aromatic heterocycles. The van der Waals surface area contributed by atoms with Gasteiger partial charge >= 0.3 is 0 Å². The minimum Gasteiger partial charge on any atom is -0.354 e. The van der Waals surface area contributed by atoms with Gasteiger partial charge < -0.3 is 14.9 Å². The van der Waals surface area contributed by atoms with E-state index in [4.69, 9.17) is 0 Å². The summed E-state index contributed by atoms with van der Waals surface area (Å²) < 4.78 is 55.1. The maximum absolute atomic E-state index is 14.2. The quantitative estimate of drug-likeness (QED) is 0.626. The van der Waals surface area contributed by atoms with Gasteiger partial charge in [0.15, 0.2) is 11.6 Å². The minimum atomic E-state index is -2.79. The highest BCUT2D eigenvalue weighted by Gasteiger charge is 2.36. The van der Waals surface area contributed by atoms with Gasteiger partial charge in [-0.05, 0) is 42.0 Å². The normalized spacial score (nSPS) is 16.3. The monoisotopic (exact) mass is 421 g/mol. The van der Waals surface area contributed by atoms with Gasteiger partial charge in [0.2, 0.25) is 0 Å². The molecular weight excluding hydrogens is 402 g/mol. The second-order valence-corrected chi connectivity index (χ2v) is 7.67. The number of nitrogens with zero attached hydrogens (tertiary/aromatic N) is 1. The number of aromatic amines is 2. The van der Waals surface area contributed by atoms with Crippen LogP contribution in [0.1, 0.15) is 46.7 Å². The molecule has 1 unspecified atom stereocenters. The molecule has 5 nitrogen and oxygen atoms in total. The Labute approximate surface area is 168 Å². The number of aromatic nitrogens is 2. The van der Waals surface area contributed by atoms with Crippen LogP contribution in [0, 0.1) is 11.6 Å². The van der Waals surface area contributed by atoms with Crippen LogP contribution in [0.3, 0.4) is 0 Å². The summed E-state index contributed by atoms with van der Waals surface area (Å²) in [6.45, 7) is 1.67. The summed E-state index contributed by atoms with van der Waals surface area (Å²) in [7, 11) is 1.51. The summed E-state index contributed by atoms with van der Waals surface area (Å²) in [6.07, 6.45) is 0.827. The number of pyridine rings is 1. The zero-order valence-corrected chi connectivity index (χ0v) is 16.3. The summed E-state index contributed by atoms with van der Waals surface area (Å²) in [5, 5.41) is -0.229. The highest BCUT2D eigenvalue weighted by molar-refractivity contribution is 5.94. The predicted molar refractivity (Wildman–Crippen MR) is 103 cm³/mol. The molecule has 2 N–H and O–H groups in total. The Morgan fingerprint density at radius 1 is 1.27 bits per heavy atom. The summed E-state index contributed by atoms with van der Waals surface area (Å²) in [4.78, 5) is 31.6. The van der Waals surface area contributed by atoms with Crippen molar-refractivity contribution in [2.45, 2.75) is 38.2 Å². The lowest BCUT2D eigenvalue weighted by Gasteiger charge is -2.26. The third-order valence-corrected chi connectivity index (χ3v) is 5.76. The fourth-order valence-electron chi connectivity index (χ4n) is 3.94. The number of fused-ring (bicyclic) bond motifs is 2. The number of hydrogen-bond acceptors (Lipinski definition) is 2. The van der Waals surface area contributed by atoms with E-state index in [0.29, 0.717) is 16.8 Å². The van der Waals surface area contributed by atoms with Crippen molar-refractivity contribution in [3.05, 3.63) is 68.9 Å². The third-order valence-electron chi connectivity index (χ3n) is 5.76. The van der Waals surface area contributed by atoms with Gasteiger partial charge in [0.1, 0.15) is 5.69 Å². The van der Waals surface area contributed by atoms with Crippen molar-refractivity contribution in [1.82, 2.24) is 14.9 Å². The number of halogens is 4. The molecule has 0 aliphatic heterocycles. The lowest BCUT2D eigenvalue weighted by molar-refractivity contribution is -0.0124. The van der Waals surface area contributed by atoms with Crippen molar-refractivity contribution in [2.75, 3.05) is 7.05 Å². The Kier molecular flexibility index (Phi) is 4.71. The molecule has 158 valence electrons. The van der Waals surface area contributed by atoms with E-state index in [-0.39, 0.29) is 23.9 Å². The van der Waals surface area contributed by atoms with Gasteiger partial charge in [-0.15, -0.1) is 0 Å². The van der Waals surface area contributed by atoms with Crippen molar-refractivity contribution in [2.24, 2.45) is 0 Å². The molecule has 1 aliphatic rings. The van der Waals surface area contributed by atoms with Crippen LogP contribution < -0.4 is 5.56 Å². The smallest absolute Gasteiger partial charge is 0.270 e. The van der Waals surface area contributed by atoms with Crippen LogP contribution in [0.5, 0.6) is 0 Å². The second-order valence-electron chi connectivity index (χ2n) is 7.67. The average molecular weight is 421 g/mol. The molecule has 1 atom stereocenters. The van der Waals surface area contributed by atoms with E-state index in [0.717, 1.165) is 6.07 Å². The molecule has 0 bridgehead atoms.